The van der Waals surface area contributed by atoms with E-state index in [4.69, 9.17) is 9.84 Å². The van der Waals surface area contributed by atoms with Crippen LogP contribution < -0.4 is 4.74 Å². The molecule has 0 spiro atoms. The Morgan fingerprint density at radius 2 is 2.29 bits per heavy atom. The highest BCUT2D eigenvalue weighted by Crippen LogP contribution is 2.18. The molecule has 1 atom stereocenters. The molecule has 1 aromatic heterocycles. The van der Waals surface area contributed by atoms with E-state index in [-0.39, 0.29) is 11.4 Å². The van der Waals surface area contributed by atoms with Crippen LogP contribution in [0, 0.1) is 6.92 Å². The minimum atomic E-state index is -1.04. The number of carboxylic acid groups (broad SMARTS) is 1. The number of carbonyl (C=O) groups is 2. The zero-order valence-electron chi connectivity index (χ0n) is 9.84. The van der Waals surface area contributed by atoms with E-state index in [0.29, 0.717) is 24.8 Å². The average molecular weight is 237 g/mol. The minimum Gasteiger partial charge on any atom is -0.479 e. The zero-order valence-corrected chi connectivity index (χ0v) is 9.84. The maximum Gasteiger partial charge on any atom is 0.344 e. The van der Waals surface area contributed by atoms with Crippen LogP contribution in [0.15, 0.2) is 12.1 Å². The van der Waals surface area contributed by atoms with Gasteiger partial charge in [-0.15, -0.1) is 0 Å². The fourth-order valence-corrected chi connectivity index (χ4v) is 1.40. The zero-order chi connectivity index (χ0) is 12.8. The van der Waals surface area contributed by atoms with E-state index in [0.717, 1.165) is 0 Å². The number of hydrogen-bond acceptors (Lipinski definition) is 4. The number of rotatable bonds is 6. The first-order chi connectivity index (χ1) is 8.08. The molecule has 0 aliphatic rings. The number of aromatic nitrogens is 1. The molecule has 0 aromatic carbocycles. The molecule has 5 heteroatoms. The fourth-order valence-electron chi connectivity index (χ4n) is 1.40. The van der Waals surface area contributed by atoms with Crippen LogP contribution in [0.25, 0.3) is 0 Å². The molecule has 5 nitrogen and oxygen atoms in total. The lowest BCUT2D eigenvalue weighted by molar-refractivity contribution is -0.145. The van der Waals surface area contributed by atoms with Crippen molar-refractivity contribution in [1.29, 1.82) is 0 Å². The fraction of sp³-hybridized carbons (Fsp3) is 0.417. The third kappa shape index (κ3) is 3.55. The molecular formula is C12H15NO4. The number of nitrogens with zero attached hydrogens (tertiary/aromatic N) is 1. The first-order valence-corrected chi connectivity index (χ1v) is 5.40. The second-order valence-electron chi connectivity index (χ2n) is 3.69. The first-order valence-electron chi connectivity index (χ1n) is 5.40. The van der Waals surface area contributed by atoms with E-state index in [9.17, 15) is 9.59 Å². The smallest absolute Gasteiger partial charge is 0.344 e. The molecule has 0 aliphatic carbocycles. The van der Waals surface area contributed by atoms with E-state index < -0.39 is 12.1 Å². The minimum absolute atomic E-state index is 0.132. The third-order valence-corrected chi connectivity index (χ3v) is 2.23. The summed E-state index contributed by atoms with van der Waals surface area (Å²) in [4.78, 5) is 25.7. The lowest BCUT2D eigenvalue weighted by atomic mass is 10.2. The molecule has 1 rings (SSSR count). The summed E-state index contributed by atoms with van der Waals surface area (Å²) in [5, 5.41) is 8.95. The largest absolute Gasteiger partial charge is 0.479 e. The van der Waals surface area contributed by atoms with Crippen LogP contribution in [0.4, 0.5) is 0 Å². The van der Waals surface area contributed by atoms with Gasteiger partial charge in [-0.2, -0.15) is 0 Å². The lowest BCUT2D eigenvalue weighted by Gasteiger charge is -2.15. The number of aliphatic carboxylic acids is 1. The van der Waals surface area contributed by atoms with Crippen molar-refractivity contribution < 1.29 is 19.4 Å². The van der Waals surface area contributed by atoms with Gasteiger partial charge in [0.1, 0.15) is 11.4 Å². The maximum absolute atomic E-state index is 10.9. The van der Waals surface area contributed by atoms with E-state index in [2.05, 4.69) is 4.98 Å². The van der Waals surface area contributed by atoms with Gasteiger partial charge in [-0.1, -0.05) is 13.3 Å². The molecule has 1 aromatic rings. The molecule has 0 fully saturated rings. The summed E-state index contributed by atoms with van der Waals surface area (Å²) in [7, 11) is 0. The topological polar surface area (TPSA) is 76.5 Å². The molecule has 17 heavy (non-hydrogen) atoms. The van der Waals surface area contributed by atoms with Crippen LogP contribution in [-0.4, -0.2) is 28.4 Å². The molecule has 0 saturated heterocycles. The lowest BCUT2D eigenvalue weighted by Crippen LogP contribution is -2.27. The van der Waals surface area contributed by atoms with Gasteiger partial charge in [-0.3, -0.25) is 4.79 Å². The van der Waals surface area contributed by atoms with Crippen LogP contribution in [0.1, 0.15) is 35.9 Å². The Kier molecular flexibility index (Phi) is 4.63. The quantitative estimate of drug-likeness (QED) is 0.764. The van der Waals surface area contributed by atoms with Crippen LogP contribution in [0.5, 0.6) is 5.75 Å². The molecule has 0 saturated carbocycles. The maximum atomic E-state index is 10.9. The van der Waals surface area contributed by atoms with Crippen molar-refractivity contribution in [2.24, 2.45) is 0 Å². The van der Waals surface area contributed by atoms with Gasteiger partial charge >= 0.3 is 5.97 Å². The number of ether oxygens (including phenoxy) is 1. The van der Waals surface area contributed by atoms with Crippen molar-refractivity contribution in [2.45, 2.75) is 32.8 Å². The van der Waals surface area contributed by atoms with E-state index in [1.165, 1.54) is 0 Å². The Morgan fingerprint density at radius 1 is 1.59 bits per heavy atom. The standard InChI is InChI=1S/C12H15NO4/c1-3-4-11(12(15)16)17-10-6-5-8(2)13-9(10)7-14/h5-7,11H,3-4H2,1-2H3,(H,15,16). The highest BCUT2D eigenvalue weighted by Gasteiger charge is 2.19. The monoisotopic (exact) mass is 237 g/mol. The summed E-state index contributed by atoms with van der Waals surface area (Å²) in [5.41, 5.74) is 0.814. The molecule has 0 amide bonds. The molecule has 0 radical (unpaired) electrons. The number of carboxylic acids is 1. The van der Waals surface area contributed by atoms with Crippen molar-refractivity contribution in [3.05, 3.63) is 23.5 Å². The van der Waals surface area contributed by atoms with Crippen molar-refractivity contribution in [3.8, 4) is 5.75 Å². The molecule has 0 aliphatic heterocycles. The summed E-state index contributed by atoms with van der Waals surface area (Å²) < 4.78 is 5.30. The molecule has 1 unspecified atom stereocenters. The predicted octanol–water partition coefficient (Wildman–Crippen LogP) is 1.83. The van der Waals surface area contributed by atoms with Crippen LogP contribution in [-0.2, 0) is 4.79 Å². The summed E-state index contributed by atoms with van der Waals surface area (Å²) in [5.74, 6) is -0.823. The molecule has 1 heterocycles. The van der Waals surface area contributed by atoms with Gasteiger partial charge in [-0.05, 0) is 25.5 Å². The van der Waals surface area contributed by atoms with Gasteiger partial charge in [0.15, 0.2) is 12.4 Å². The normalized spacial score (nSPS) is 11.9. The SMILES string of the molecule is CCCC(Oc1ccc(C)nc1C=O)C(=O)O. The third-order valence-electron chi connectivity index (χ3n) is 2.23. The van der Waals surface area contributed by atoms with Gasteiger partial charge in [0.2, 0.25) is 0 Å². The van der Waals surface area contributed by atoms with Crippen molar-refractivity contribution in [3.63, 3.8) is 0 Å². The van der Waals surface area contributed by atoms with Gasteiger partial charge in [0.25, 0.3) is 0 Å². The van der Waals surface area contributed by atoms with E-state index >= 15 is 0 Å². The highest BCUT2D eigenvalue weighted by molar-refractivity contribution is 5.77. The van der Waals surface area contributed by atoms with Crippen LogP contribution in [0.2, 0.25) is 0 Å². The Hall–Kier alpha value is -1.91. The van der Waals surface area contributed by atoms with Gasteiger partial charge in [0, 0.05) is 5.69 Å². The summed E-state index contributed by atoms with van der Waals surface area (Å²) in [6, 6.07) is 3.24. The van der Waals surface area contributed by atoms with Crippen molar-refractivity contribution in [1.82, 2.24) is 4.98 Å². The Balaban J connectivity index is 2.92. The van der Waals surface area contributed by atoms with Crippen LogP contribution >= 0.6 is 0 Å². The molecule has 92 valence electrons. The number of hydrogen-bond donors (Lipinski definition) is 1. The Labute approximate surface area is 99.4 Å². The number of carbonyl (C=O) groups excluding carboxylic acids is 1. The number of aldehydes is 1. The Bertz CT molecular complexity index is 417. The highest BCUT2D eigenvalue weighted by atomic mass is 16.5. The van der Waals surface area contributed by atoms with Gasteiger partial charge in [-0.25, -0.2) is 9.78 Å². The van der Waals surface area contributed by atoms with Crippen LogP contribution in [0.3, 0.4) is 0 Å². The van der Waals surface area contributed by atoms with Gasteiger partial charge < -0.3 is 9.84 Å². The van der Waals surface area contributed by atoms with Crippen molar-refractivity contribution >= 4 is 12.3 Å². The van der Waals surface area contributed by atoms with Gasteiger partial charge in [0.05, 0.1) is 0 Å². The summed E-state index contributed by atoms with van der Waals surface area (Å²) in [6.07, 6.45) is 0.699. The molecular weight excluding hydrogens is 222 g/mol. The van der Waals surface area contributed by atoms with E-state index in [1.807, 2.05) is 6.92 Å². The molecule has 1 N–H and O–H groups in total. The second kappa shape index (κ2) is 5.98. The average Bonchev–Trinajstić information content (AvgIpc) is 2.30. The molecule has 0 bridgehead atoms. The summed E-state index contributed by atoms with van der Waals surface area (Å²) >= 11 is 0. The first kappa shape index (κ1) is 13.2. The number of aryl methyl sites for hydroxylation is 1. The predicted molar refractivity (Wildman–Crippen MR) is 61.3 cm³/mol. The van der Waals surface area contributed by atoms with E-state index in [1.54, 1.807) is 19.1 Å². The number of pyridine rings is 1. The van der Waals surface area contributed by atoms with Crippen molar-refractivity contribution in [2.75, 3.05) is 0 Å². The Morgan fingerprint density at radius 3 is 2.82 bits per heavy atom. The summed E-state index contributed by atoms with van der Waals surface area (Å²) in [6.45, 7) is 3.62. The second-order valence-corrected chi connectivity index (χ2v) is 3.69.